The monoisotopic (exact) mass is 489 g/mol. The summed E-state index contributed by atoms with van der Waals surface area (Å²) in [5, 5.41) is 0.535. The average Bonchev–Trinajstić information content (AvgIpc) is 2.88. The zero-order valence-electron chi connectivity index (χ0n) is 19.4. The molecule has 0 radical (unpaired) electrons. The van der Waals surface area contributed by atoms with E-state index in [1.807, 2.05) is 41.0 Å². The summed E-state index contributed by atoms with van der Waals surface area (Å²) in [6.07, 6.45) is 4.15. The lowest BCUT2D eigenvalue weighted by atomic mass is 9.98. The average molecular weight is 490 g/mol. The molecule has 0 amide bonds. The predicted octanol–water partition coefficient (Wildman–Crippen LogP) is 5.32. The molecule has 2 aromatic carbocycles. The van der Waals surface area contributed by atoms with Crippen LogP contribution in [0.3, 0.4) is 0 Å². The van der Waals surface area contributed by atoms with Crippen molar-refractivity contribution >= 4 is 11.6 Å². The molecule has 5 nitrogen and oxygen atoms in total. The number of hydrogen-bond acceptors (Lipinski definition) is 4. The van der Waals surface area contributed by atoms with E-state index >= 15 is 0 Å². The van der Waals surface area contributed by atoms with E-state index in [0.29, 0.717) is 53.5 Å². The molecule has 0 N–H and O–H groups in total. The van der Waals surface area contributed by atoms with Gasteiger partial charge in [0.25, 0.3) is 5.56 Å². The van der Waals surface area contributed by atoms with E-state index in [2.05, 4.69) is 9.88 Å². The first-order valence-electron chi connectivity index (χ1n) is 11.5. The quantitative estimate of drug-likeness (QED) is 0.368. The van der Waals surface area contributed by atoms with Crippen molar-refractivity contribution in [3.05, 3.63) is 117 Å². The van der Waals surface area contributed by atoms with Crippen LogP contribution in [0.2, 0.25) is 5.02 Å². The maximum absolute atomic E-state index is 14.6. The molecule has 0 unspecified atom stereocenters. The van der Waals surface area contributed by atoms with Gasteiger partial charge in [0.2, 0.25) is 0 Å². The summed E-state index contributed by atoms with van der Waals surface area (Å²) >= 11 is 6.49. The molecule has 35 heavy (non-hydrogen) atoms. The van der Waals surface area contributed by atoms with E-state index < -0.39 is 0 Å². The van der Waals surface area contributed by atoms with Crippen molar-refractivity contribution in [1.82, 2.24) is 14.5 Å². The number of halogens is 2. The molecular weight excluding hydrogens is 465 g/mol. The second kappa shape index (κ2) is 10.0. The summed E-state index contributed by atoms with van der Waals surface area (Å²) in [5.41, 5.74) is 4.89. The Hall–Kier alpha value is -3.48. The Morgan fingerprint density at radius 3 is 2.57 bits per heavy atom. The highest BCUT2D eigenvalue weighted by Gasteiger charge is 2.24. The van der Waals surface area contributed by atoms with Gasteiger partial charge in [-0.25, -0.2) is 4.39 Å². The Labute approximate surface area is 208 Å². The van der Waals surface area contributed by atoms with Crippen LogP contribution in [0.5, 0.6) is 5.75 Å². The Bertz CT molecular complexity index is 1420. The fourth-order valence-electron chi connectivity index (χ4n) is 4.65. The molecule has 0 bridgehead atoms. The van der Waals surface area contributed by atoms with Gasteiger partial charge in [0, 0.05) is 71.9 Å². The number of benzene rings is 2. The smallest absolute Gasteiger partial charge is 0.259 e. The molecule has 0 fully saturated rings. The number of rotatable bonds is 6. The summed E-state index contributed by atoms with van der Waals surface area (Å²) in [6.45, 7) is 2.25. The molecule has 0 saturated carbocycles. The minimum absolute atomic E-state index is 0.0664. The van der Waals surface area contributed by atoms with Gasteiger partial charge in [-0.3, -0.25) is 14.7 Å². The van der Waals surface area contributed by atoms with Crippen LogP contribution in [0.1, 0.15) is 22.4 Å². The SMILES string of the molecule is COc1ccc(CN2CCc3c(cc(-c4ccccc4Cl)c(=O)n3Cc3ccncc3)C2)c(F)c1. The minimum atomic E-state index is -0.283. The van der Waals surface area contributed by atoms with Gasteiger partial charge in [0.05, 0.1) is 13.7 Å². The van der Waals surface area contributed by atoms with E-state index in [-0.39, 0.29) is 11.4 Å². The van der Waals surface area contributed by atoms with Crippen molar-refractivity contribution in [2.75, 3.05) is 13.7 Å². The van der Waals surface area contributed by atoms with Crippen LogP contribution in [0.15, 0.2) is 77.9 Å². The van der Waals surface area contributed by atoms with E-state index in [0.717, 1.165) is 23.4 Å². The molecule has 0 atom stereocenters. The lowest BCUT2D eigenvalue weighted by molar-refractivity contribution is 0.237. The number of fused-ring (bicyclic) bond motifs is 1. The van der Waals surface area contributed by atoms with Crippen LogP contribution in [-0.4, -0.2) is 28.1 Å². The number of hydrogen-bond donors (Lipinski definition) is 0. The second-order valence-electron chi connectivity index (χ2n) is 8.67. The Morgan fingerprint density at radius 2 is 1.83 bits per heavy atom. The first-order chi connectivity index (χ1) is 17.0. The van der Waals surface area contributed by atoms with Gasteiger partial charge < -0.3 is 9.30 Å². The lowest BCUT2D eigenvalue weighted by Gasteiger charge is -2.31. The highest BCUT2D eigenvalue weighted by molar-refractivity contribution is 6.33. The summed E-state index contributed by atoms with van der Waals surface area (Å²) in [7, 11) is 1.53. The molecule has 1 aliphatic rings. The van der Waals surface area contributed by atoms with Crippen molar-refractivity contribution in [1.29, 1.82) is 0 Å². The summed E-state index contributed by atoms with van der Waals surface area (Å²) in [5.74, 6) is 0.217. The third-order valence-corrected chi connectivity index (χ3v) is 6.79. The maximum atomic E-state index is 14.6. The van der Waals surface area contributed by atoms with E-state index in [4.69, 9.17) is 16.3 Å². The van der Waals surface area contributed by atoms with Crippen LogP contribution in [-0.2, 0) is 26.1 Å². The minimum Gasteiger partial charge on any atom is -0.497 e. The van der Waals surface area contributed by atoms with E-state index in [1.54, 1.807) is 30.6 Å². The van der Waals surface area contributed by atoms with E-state index in [9.17, 15) is 9.18 Å². The number of nitrogens with zero attached hydrogens (tertiary/aromatic N) is 3. The lowest BCUT2D eigenvalue weighted by Crippen LogP contribution is -2.36. The number of ether oxygens (including phenoxy) is 1. The number of methoxy groups -OCH3 is 1. The molecule has 0 aliphatic carbocycles. The molecule has 178 valence electrons. The Balaban J connectivity index is 1.54. The van der Waals surface area contributed by atoms with Crippen molar-refractivity contribution in [3.63, 3.8) is 0 Å². The van der Waals surface area contributed by atoms with Crippen LogP contribution in [0.4, 0.5) is 4.39 Å². The standard InChI is InChI=1S/C28H25ClFN3O2/c1-35-22-7-6-20(26(30)15-22)17-32-13-10-27-21(18-32)14-24(23-4-2-3-5-25(23)29)28(34)33(27)16-19-8-11-31-12-9-19/h2-9,11-12,14-15H,10,13,16-18H2,1H3. The predicted molar refractivity (Wildman–Crippen MR) is 135 cm³/mol. The molecule has 0 saturated heterocycles. The van der Waals surface area contributed by atoms with Crippen molar-refractivity contribution < 1.29 is 9.13 Å². The molecule has 1 aliphatic heterocycles. The second-order valence-corrected chi connectivity index (χ2v) is 9.08. The molecule has 0 spiro atoms. The zero-order valence-corrected chi connectivity index (χ0v) is 20.1. The van der Waals surface area contributed by atoms with Gasteiger partial charge in [-0.15, -0.1) is 0 Å². The molecule has 3 heterocycles. The van der Waals surface area contributed by atoms with Crippen LogP contribution < -0.4 is 10.3 Å². The number of aromatic nitrogens is 2. The molecule has 2 aromatic heterocycles. The summed E-state index contributed by atoms with van der Waals surface area (Å²) in [6, 6.07) is 18.1. The first kappa shape index (κ1) is 23.3. The fraction of sp³-hybridized carbons (Fsp3) is 0.214. The molecule has 4 aromatic rings. The third kappa shape index (κ3) is 4.85. The fourth-order valence-corrected chi connectivity index (χ4v) is 4.88. The Kier molecular flexibility index (Phi) is 6.66. The highest BCUT2D eigenvalue weighted by atomic mass is 35.5. The van der Waals surface area contributed by atoms with Crippen molar-refractivity contribution in [3.8, 4) is 16.9 Å². The van der Waals surface area contributed by atoms with Gasteiger partial charge in [-0.05, 0) is 41.5 Å². The largest absolute Gasteiger partial charge is 0.497 e. The van der Waals surface area contributed by atoms with Crippen LogP contribution in [0, 0.1) is 5.82 Å². The van der Waals surface area contributed by atoms with Gasteiger partial charge in [0.15, 0.2) is 0 Å². The summed E-state index contributed by atoms with van der Waals surface area (Å²) in [4.78, 5) is 20.0. The molecule has 5 rings (SSSR count). The van der Waals surface area contributed by atoms with Gasteiger partial charge >= 0.3 is 0 Å². The first-order valence-corrected chi connectivity index (χ1v) is 11.9. The van der Waals surface area contributed by atoms with Crippen molar-refractivity contribution in [2.45, 2.75) is 26.1 Å². The van der Waals surface area contributed by atoms with Gasteiger partial charge in [0.1, 0.15) is 11.6 Å². The highest BCUT2D eigenvalue weighted by Crippen LogP contribution is 2.29. The normalized spacial score (nSPS) is 13.5. The topological polar surface area (TPSA) is 47.4 Å². The maximum Gasteiger partial charge on any atom is 0.259 e. The summed E-state index contributed by atoms with van der Waals surface area (Å²) < 4.78 is 21.6. The Morgan fingerprint density at radius 1 is 1.03 bits per heavy atom. The van der Waals surface area contributed by atoms with Gasteiger partial charge in [-0.2, -0.15) is 0 Å². The molecule has 7 heteroatoms. The molecular formula is C28H25ClFN3O2. The van der Waals surface area contributed by atoms with Crippen molar-refractivity contribution in [2.24, 2.45) is 0 Å². The van der Waals surface area contributed by atoms with E-state index in [1.165, 1.54) is 13.2 Å². The zero-order chi connectivity index (χ0) is 24.4. The van der Waals surface area contributed by atoms with Gasteiger partial charge in [-0.1, -0.05) is 35.9 Å². The van der Waals surface area contributed by atoms with Crippen LogP contribution in [0.25, 0.3) is 11.1 Å². The number of pyridine rings is 2. The third-order valence-electron chi connectivity index (χ3n) is 6.46. The van der Waals surface area contributed by atoms with Crippen LogP contribution >= 0.6 is 11.6 Å².